The van der Waals surface area contributed by atoms with Crippen LogP contribution in [0.2, 0.25) is 0 Å². The van der Waals surface area contributed by atoms with E-state index in [9.17, 15) is 9.59 Å². The summed E-state index contributed by atoms with van der Waals surface area (Å²) in [6.45, 7) is 4.84. The molecule has 0 radical (unpaired) electrons. The Hall–Kier alpha value is -2.67. The lowest BCUT2D eigenvalue weighted by atomic mass is 10.1. The summed E-state index contributed by atoms with van der Waals surface area (Å²) in [5.74, 6) is 0.451. The number of carbonyl (C=O) groups is 2. The molecule has 0 fully saturated rings. The third-order valence-corrected chi connectivity index (χ3v) is 5.38. The summed E-state index contributed by atoms with van der Waals surface area (Å²) < 4.78 is 11.9. The fraction of sp³-hybridized carbons (Fsp3) is 0.423. The maximum atomic E-state index is 12.6. The zero-order valence-corrected chi connectivity index (χ0v) is 21.0. The minimum Gasteiger partial charge on any atom is -0.494 e. The van der Waals surface area contributed by atoms with Gasteiger partial charge < -0.3 is 9.47 Å². The number of esters is 1. The SMILES string of the molecule is CCCCCCCCC(=O)N/N=C\c1cc(Br)ccc1OC(=O)c1ccc(OCCC)cc1. The van der Waals surface area contributed by atoms with Crippen molar-refractivity contribution in [3.05, 3.63) is 58.1 Å². The number of benzene rings is 2. The Labute approximate surface area is 204 Å². The van der Waals surface area contributed by atoms with Crippen molar-refractivity contribution >= 4 is 34.0 Å². The van der Waals surface area contributed by atoms with Gasteiger partial charge in [-0.15, -0.1) is 0 Å². The quantitative estimate of drug-likeness (QED) is 0.100. The summed E-state index contributed by atoms with van der Waals surface area (Å²) in [6.07, 6.45) is 9.58. The van der Waals surface area contributed by atoms with Gasteiger partial charge in [0.2, 0.25) is 5.91 Å². The van der Waals surface area contributed by atoms with Gasteiger partial charge in [-0.3, -0.25) is 4.79 Å². The molecule has 1 amide bonds. The van der Waals surface area contributed by atoms with Crippen LogP contribution < -0.4 is 14.9 Å². The monoisotopic (exact) mass is 516 g/mol. The molecule has 6 nitrogen and oxygen atoms in total. The molecule has 33 heavy (non-hydrogen) atoms. The van der Waals surface area contributed by atoms with Crippen LogP contribution in [0.4, 0.5) is 0 Å². The average Bonchev–Trinajstić information content (AvgIpc) is 2.82. The maximum absolute atomic E-state index is 12.6. The van der Waals surface area contributed by atoms with Gasteiger partial charge >= 0.3 is 5.97 Å². The van der Waals surface area contributed by atoms with Crippen molar-refractivity contribution in [2.24, 2.45) is 5.10 Å². The molecule has 0 aliphatic rings. The van der Waals surface area contributed by atoms with Crippen molar-refractivity contribution in [1.29, 1.82) is 0 Å². The Morgan fingerprint density at radius 1 is 0.970 bits per heavy atom. The van der Waals surface area contributed by atoms with Crippen LogP contribution in [0.5, 0.6) is 11.5 Å². The van der Waals surface area contributed by atoms with Crippen LogP contribution in [0, 0.1) is 0 Å². The number of hydrogen-bond acceptors (Lipinski definition) is 5. The summed E-state index contributed by atoms with van der Waals surface area (Å²) in [7, 11) is 0. The molecule has 0 spiro atoms. The van der Waals surface area contributed by atoms with E-state index in [1.165, 1.54) is 25.5 Å². The Morgan fingerprint density at radius 3 is 2.42 bits per heavy atom. The lowest BCUT2D eigenvalue weighted by molar-refractivity contribution is -0.121. The van der Waals surface area contributed by atoms with E-state index >= 15 is 0 Å². The Balaban J connectivity index is 1.91. The molecule has 0 aliphatic carbocycles. The first-order valence-corrected chi connectivity index (χ1v) is 12.4. The molecule has 0 aromatic heterocycles. The molecule has 2 rings (SSSR count). The Bertz CT molecular complexity index is 913. The van der Waals surface area contributed by atoms with Gasteiger partial charge in [0.05, 0.1) is 18.4 Å². The van der Waals surface area contributed by atoms with Gasteiger partial charge in [0, 0.05) is 16.5 Å². The molecule has 7 heteroatoms. The largest absolute Gasteiger partial charge is 0.494 e. The third kappa shape index (κ3) is 10.2. The highest BCUT2D eigenvalue weighted by atomic mass is 79.9. The number of nitrogens with zero attached hydrogens (tertiary/aromatic N) is 1. The van der Waals surface area contributed by atoms with Crippen LogP contribution in [-0.4, -0.2) is 24.7 Å². The first kappa shape index (κ1) is 26.6. The second-order valence-electron chi connectivity index (χ2n) is 7.76. The smallest absolute Gasteiger partial charge is 0.343 e. The van der Waals surface area contributed by atoms with Crippen LogP contribution >= 0.6 is 15.9 Å². The molecule has 2 aromatic carbocycles. The number of amides is 1. The summed E-state index contributed by atoms with van der Waals surface area (Å²) in [5, 5.41) is 4.04. The third-order valence-electron chi connectivity index (χ3n) is 4.89. The van der Waals surface area contributed by atoms with Gasteiger partial charge in [-0.1, -0.05) is 61.9 Å². The van der Waals surface area contributed by atoms with Gasteiger partial charge in [-0.25, -0.2) is 10.2 Å². The van der Waals surface area contributed by atoms with Crippen LogP contribution in [-0.2, 0) is 4.79 Å². The normalized spacial score (nSPS) is 10.9. The highest BCUT2D eigenvalue weighted by molar-refractivity contribution is 9.10. The molecule has 0 heterocycles. The lowest BCUT2D eigenvalue weighted by Gasteiger charge is -2.09. The first-order chi connectivity index (χ1) is 16.0. The zero-order valence-electron chi connectivity index (χ0n) is 19.4. The van der Waals surface area contributed by atoms with Gasteiger partial charge in [0.15, 0.2) is 0 Å². The predicted octanol–water partition coefficient (Wildman–Crippen LogP) is 6.66. The molecule has 0 atom stereocenters. The molecular weight excluding hydrogens is 484 g/mol. The van der Waals surface area contributed by atoms with E-state index in [4.69, 9.17) is 9.47 Å². The van der Waals surface area contributed by atoms with Crippen molar-refractivity contribution in [1.82, 2.24) is 5.43 Å². The van der Waals surface area contributed by atoms with Crippen molar-refractivity contribution in [3.63, 3.8) is 0 Å². The highest BCUT2D eigenvalue weighted by Crippen LogP contribution is 2.23. The van der Waals surface area contributed by atoms with Crippen LogP contribution in [0.25, 0.3) is 0 Å². The maximum Gasteiger partial charge on any atom is 0.343 e. The molecule has 1 N–H and O–H groups in total. The standard InChI is InChI=1S/C26H33BrN2O4/c1-3-5-6-7-8-9-10-25(30)29-28-19-21-18-22(27)13-16-24(21)33-26(31)20-11-14-23(15-12-20)32-17-4-2/h11-16,18-19H,3-10,17H2,1-2H3,(H,29,30)/b28-19-. The number of hydrogen-bond donors (Lipinski definition) is 1. The number of nitrogens with one attached hydrogen (secondary N) is 1. The average molecular weight is 517 g/mol. The molecule has 0 saturated heterocycles. The van der Waals surface area contributed by atoms with Gasteiger partial charge in [0.25, 0.3) is 0 Å². The predicted molar refractivity (Wildman–Crippen MR) is 135 cm³/mol. The number of ether oxygens (including phenoxy) is 2. The van der Waals surface area contributed by atoms with Gasteiger partial charge in [0.1, 0.15) is 11.5 Å². The van der Waals surface area contributed by atoms with Crippen LogP contribution in [0.1, 0.15) is 81.1 Å². The van der Waals surface area contributed by atoms with Crippen LogP contribution in [0.3, 0.4) is 0 Å². The second kappa shape index (κ2) is 15.2. The summed E-state index contributed by atoms with van der Waals surface area (Å²) in [4.78, 5) is 24.6. The van der Waals surface area contributed by atoms with Gasteiger partial charge in [-0.05, 0) is 55.3 Å². The number of halogens is 1. The molecule has 0 bridgehead atoms. The van der Waals surface area contributed by atoms with Crippen molar-refractivity contribution in [2.75, 3.05) is 6.61 Å². The Kier molecular flexibility index (Phi) is 12.3. The summed E-state index contributed by atoms with van der Waals surface area (Å²) >= 11 is 3.41. The molecule has 178 valence electrons. The fourth-order valence-electron chi connectivity index (χ4n) is 3.07. The van der Waals surface area contributed by atoms with E-state index in [0.717, 1.165) is 30.2 Å². The number of hydrazone groups is 1. The Morgan fingerprint density at radius 2 is 1.70 bits per heavy atom. The van der Waals surface area contributed by atoms with E-state index in [1.54, 1.807) is 42.5 Å². The van der Waals surface area contributed by atoms with E-state index in [2.05, 4.69) is 33.4 Å². The number of carbonyl (C=O) groups excluding carboxylic acids is 2. The summed E-state index contributed by atoms with van der Waals surface area (Å²) in [5.41, 5.74) is 3.53. The van der Waals surface area contributed by atoms with E-state index in [-0.39, 0.29) is 5.91 Å². The van der Waals surface area contributed by atoms with E-state index in [1.807, 2.05) is 6.92 Å². The highest BCUT2D eigenvalue weighted by Gasteiger charge is 2.12. The minimum absolute atomic E-state index is 0.124. The van der Waals surface area contributed by atoms with Gasteiger partial charge in [-0.2, -0.15) is 5.10 Å². The fourth-order valence-corrected chi connectivity index (χ4v) is 3.45. The molecule has 0 aliphatic heterocycles. The molecular formula is C26H33BrN2O4. The van der Waals surface area contributed by atoms with Crippen LogP contribution in [0.15, 0.2) is 52.0 Å². The topological polar surface area (TPSA) is 77.0 Å². The lowest BCUT2D eigenvalue weighted by Crippen LogP contribution is -2.17. The van der Waals surface area contributed by atoms with Crippen molar-refractivity contribution in [3.8, 4) is 11.5 Å². The summed E-state index contributed by atoms with van der Waals surface area (Å²) in [6, 6.07) is 12.1. The van der Waals surface area contributed by atoms with E-state index in [0.29, 0.717) is 35.7 Å². The first-order valence-electron chi connectivity index (χ1n) is 11.6. The second-order valence-corrected chi connectivity index (χ2v) is 8.67. The molecule has 0 unspecified atom stereocenters. The van der Waals surface area contributed by atoms with E-state index < -0.39 is 5.97 Å². The molecule has 2 aromatic rings. The minimum atomic E-state index is -0.485. The number of rotatable bonds is 14. The van der Waals surface area contributed by atoms with Crippen molar-refractivity contribution < 1.29 is 19.1 Å². The zero-order chi connectivity index (χ0) is 23.9. The van der Waals surface area contributed by atoms with Crippen molar-refractivity contribution in [2.45, 2.75) is 65.2 Å². The number of unbranched alkanes of at least 4 members (excludes halogenated alkanes) is 5. The molecule has 0 saturated carbocycles.